The maximum Gasteiger partial charge on any atom is 0.228 e. The maximum atomic E-state index is 9.05. The number of unbranched alkanes of at least 4 members (excludes halogenated alkanes) is 1. The summed E-state index contributed by atoms with van der Waals surface area (Å²) in [5.74, 6) is 0. The van der Waals surface area contributed by atoms with Gasteiger partial charge in [0, 0.05) is 0 Å². The molecule has 0 heterocycles. The lowest BCUT2D eigenvalue weighted by atomic mass is 10.2. The molecule has 0 saturated carbocycles. The van der Waals surface area contributed by atoms with E-state index in [1.165, 1.54) is 0 Å². The zero-order chi connectivity index (χ0) is 8.20. The smallest absolute Gasteiger partial charge is 0.228 e. The SMILES string of the molecule is CCCCC(I)C(O)(O)I. The van der Waals surface area contributed by atoms with Crippen molar-refractivity contribution in [1.29, 1.82) is 0 Å². The van der Waals surface area contributed by atoms with Gasteiger partial charge in [-0.25, -0.2) is 0 Å². The molecule has 10 heavy (non-hydrogen) atoms. The largest absolute Gasteiger partial charge is 0.357 e. The third kappa shape index (κ3) is 5.09. The van der Waals surface area contributed by atoms with Crippen molar-refractivity contribution < 1.29 is 10.2 Å². The van der Waals surface area contributed by atoms with Gasteiger partial charge in [0.05, 0.1) is 3.92 Å². The highest BCUT2D eigenvalue weighted by Gasteiger charge is 2.27. The summed E-state index contributed by atoms with van der Waals surface area (Å²) in [5, 5.41) is 18.1. The van der Waals surface area contributed by atoms with Crippen LogP contribution in [-0.4, -0.2) is 17.9 Å². The summed E-state index contributed by atoms with van der Waals surface area (Å²) < 4.78 is -1.60. The van der Waals surface area contributed by atoms with E-state index in [0.29, 0.717) is 0 Å². The fourth-order valence-electron chi connectivity index (χ4n) is 0.567. The molecule has 0 bridgehead atoms. The second-order valence-electron chi connectivity index (χ2n) is 2.25. The van der Waals surface area contributed by atoms with Gasteiger partial charge in [0.15, 0.2) is 0 Å². The molecule has 0 spiro atoms. The molecule has 2 N–H and O–H groups in total. The van der Waals surface area contributed by atoms with E-state index < -0.39 is 3.79 Å². The lowest BCUT2D eigenvalue weighted by Gasteiger charge is -2.19. The summed E-state index contributed by atoms with van der Waals surface area (Å²) in [6.07, 6.45) is 3.03. The van der Waals surface area contributed by atoms with Crippen LogP contribution in [0.4, 0.5) is 0 Å². The van der Waals surface area contributed by atoms with Crippen molar-refractivity contribution in [3.8, 4) is 0 Å². The molecule has 0 radical (unpaired) electrons. The molecule has 0 aliphatic heterocycles. The van der Waals surface area contributed by atoms with Gasteiger partial charge >= 0.3 is 0 Å². The van der Waals surface area contributed by atoms with E-state index in [2.05, 4.69) is 29.5 Å². The van der Waals surface area contributed by atoms with Crippen molar-refractivity contribution in [2.45, 2.75) is 33.9 Å². The fraction of sp³-hybridized carbons (Fsp3) is 1.00. The van der Waals surface area contributed by atoms with Crippen molar-refractivity contribution in [2.75, 3.05) is 0 Å². The predicted molar refractivity (Wildman–Crippen MR) is 58.5 cm³/mol. The molecule has 0 aliphatic rings. The third-order valence-corrected chi connectivity index (χ3v) is 4.64. The van der Waals surface area contributed by atoms with Crippen LogP contribution >= 0.6 is 45.2 Å². The second kappa shape index (κ2) is 5.10. The first kappa shape index (κ1) is 11.4. The number of halogens is 2. The van der Waals surface area contributed by atoms with E-state index in [9.17, 15) is 0 Å². The molecule has 0 aromatic carbocycles. The minimum Gasteiger partial charge on any atom is -0.357 e. The first-order valence-corrected chi connectivity index (χ1v) is 5.58. The van der Waals surface area contributed by atoms with Gasteiger partial charge in [-0.05, 0) is 29.0 Å². The minimum atomic E-state index is -1.53. The molecule has 4 heteroatoms. The summed E-state index contributed by atoms with van der Waals surface area (Å²) in [7, 11) is 0. The fourth-order valence-corrected chi connectivity index (χ4v) is 1.32. The molecule has 0 aromatic rings. The molecule has 0 amide bonds. The van der Waals surface area contributed by atoms with Gasteiger partial charge in [-0.15, -0.1) is 0 Å². The van der Waals surface area contributed by atoms with E-state index in [-0.39, 0.29) is 3.92 Å². The molecular weight excluding hydrogens is 358 g/mol. The van der Waals surface area contributed by atoms with Gasteiger partial charge in [-0.3, -0.25) is 0 Å². The second-order valence-corrected chi connectivity index (χ2v) is 5.34. The summed E-state index contributed by atoms with van der Waals surface area (Å²) in [4.78, 5) is 0. The highest BCUT2D eigenvalue weighted by molar-refractivity contribution is 14.1. The van der Waals surface area contributed by atoms with Crippen molar-refractivity contribution in [3.63, 3.8) is 0 Å². The number of aliphatic hydroxyl groups is 2. The van der Waals surface area contributed by atoms with Crippen LogP contribution in [0, 0.1) is 0 Å². The summed E-state index contributed by atoms with van der Waals surface area (Å²) in [6.45, 7) is 2.09. The molecule has 1 atom stereocenters. The van der Waals surface area contributed by atoms with E-state index in [1.807, 2.05) is 0 Å². The number of hydrogen-bond donors (Lipinski definition) is 2. The standard InChI is InChI=1S/C6H12I2O2/c1-2-3-4-5(7)6(8,9)10/h5,9-10H,2-4H2,1H3. The van der Waals surface area contributed by atoms with Crippen LogP contribution in [0.25, 0.3) is 0 Å². The van der Waals surface area contributed by atoms with Crippen LogP contribution in [0.3, 0.4) is 0 Å². The Morgan fingerprint density at radius 3 is 2.30 bits per heavy atom. The Morgan fingerprint density at radius 2 is 2.00 bits per heavy atom. The number of alkyl halides is 2. The molecule has 0 aromatic heterocycles. The topological polar surface area (TPSA) is 40.5 Å². The molecule has 0 saturated heterocycles. The van der Waals surface area contributed by atoms with E-state index in [0.717, 1.165) is 19.3 Å². The van der Waals surface area contributed by atoms with Crippen LogP contribution < -0.4 is 0 Å². The molecule has 0 fully saturated rings. The monoisotopic (exact) mass is 370 g/mol. The van der Waals surface area contributed by atoms with Gasteiger partial charge in [-0.2, -0.15) is 0 Å². The number of hydrogen-bond acceptors (Lipinski definition) is 2. The van der Waals surface area contributed by atoms with E-state index in [4.69, 9.17) is 10.2 Å². The lowest BCUT2D eigenvalue weighted by molar-refractivity contribution is -0.0560. The molecule has 2 nitrogen and oxygen atoms in total. The zero-order valence-electron chi connectivity index (χ0n) is 5.85. The quantitative estimate of drug-likeness (QED) is 0.452. The number of rotatable bonds is 4. The van der Waals surface area contributed by atoms with E-state index >= 15 is 0 Å². The first-order valence-electron chi connectivity index (χ1n) is 3.26. The zero-order valence-corrected chi connectivity index (χ0v) is 10.2. The average Bonchev–Trinajstić information content (AvgIpc) is 1.80. The van der Waals surface area contributed by atoms with Crippen LogP contribution in [0.1, 0.15) is 26.2 Å². The van der Waals surface area contributed by atoms with Gasteiger partial charge in [-0.1, -0.05) is 42.4 Å². The minimum absolute atomic E-state index is 0.0642. The van der Waals surface area contributed by atoms with Crippen LogP contribution in [-0.2, 0) is 0 Å². The summed E-state index contributed by atoms with van der Waals surface area (Å²) >= 11 is 3.71. The highest BCUT2D eigenvalue weighted by Crippen LogP contribution is 2.27. The first-order chi connectivity index (χ1) is 4.48. The molecular formula is C6H12I2O2. The average molecular weight is 370 g/mol. The molecule has 1 unspecified atom stereocenters. The lowest BCUT2D eigenvalue weighted by Crippen LogP contribution is -2.30. The highest BCUT2D eigenvalue weighted by atomic mass is 127. The Balaban J connectivity index is 3.52. The Hall–Kier alpha value is 1.38. The van der Waals surface area contributed by atoms with Crippen molar-refractivity contribution in [1.82, 2.24) is 0 Å². The molecule has 0 aliphatic carbocycles. The summed E-state index contributed by atoms with van der Waals surface area (Å²) in [5.41, 5.74) is 0. The van der Waals surface area contributed by atoms with Crippen molar-refractivity contribution >= 4 is 45.2 Å². The van der Waals surface area contributed by atoms with Gasteiger partial charge in [0.2, 0.25) is 3.79 Å². The normalized spacial score (nSPS) is 15.3. The van der Waals surface area contributed by atoms with Crippen LogP contribution in [0.5, 0.6) is 0 Å². The van der Waals surface area contributed by atoms with Gasteiger partial charge in [0.1, 0.15) is 0 Å². The van der Waals surface area contributed by atoms with Crippen LogP contribution in [0.2, 0.25) is 0 Å². The Kier molecular flexibility index (Phi) is 5.81. The third-order valence-electron chi connectivity index (χ3n) is 1.21. The van der Waals surface area contributed by atoms with E-state index in [1.54, 1.807) is 22.6 Å². The predicted octanol–water partition coefficient (Wildman–Crippen LogP) is 2.05. The Morgan fingerprint density at radius 1 is 1.50 bits per heavy atom. The van der Waals surface area contributed by atoms with Crippen molar-refractivity contribution in [3.05, 3.63) is 0 Å². The van der Waals surface area contributed by atoms with Gasteiger partial charge in [0.25, 0.3) is 0 Å². The van der Waals surface area contributed by atoms with Gasteiger partial charge < -0.3 is 10.2 Å². The molecule has 0 rings (SSSR count). The van der Waals surface area contributed by atoms with Crippen molar-refractivity contribution in [2.24, 2.45) is 0 Å². The van der Waals surface area contributed by atoms with Crippen LogP contribution in [0.15, 0.2) is 0 Å². The summed E-state index contributed by atoms with van der Waals surface area (Å²) in [6, 6.07) is 0. The molecule has 62 valence electrons. The Labute approximate surface area is 88.7 Å². The maximum absolute atomic E-state index is 9.05. The Bertz CT molecular complexity index is 90.2.